The Morgan fingerprint density at radius 2 is 1.63 bits per heavy atom. The summed E-state index contributed by atoms with van der Waals surface area (Å²) in [7, 11) is -4.02. The van der Waals surface area contributed by atoms with Crippen LogP contribution < -0.4 is 4.72 Å². The lowest BCUT2D eigenvalue weighted by Crippen LogP contribution is -2.41. The minimum atomic E-state index is -3.55. The van der Waals surface area contributed by atoms with Gasteiger partial charge in [-0.15, -0.1) is 5.73 Å². The molecule has 27 heavy (non-hydrogen) atoms. The largest absolute Gasteiger partial charge is 0.498 e. The lowest BCUT2D eigenvalue weighted by molar-refractivity contribution is 0.00578. The number of rotatable bonds is 6. The van der Waals surface area contributed by atoms with Crippen LogP contribution in [0.3, 0.4) is 0 Å². The Morgan fingerprint density at radius 1 is 1.11 bits per heavy atom. The number of hydrogen-bond acceptors (Lipinski definition) is 4. The highest BCUT2D eigenvalue weighted by atomic mass is 32.2. The van der Waals surface area contributed by atoms with Crippen LogP contribution in [0.4, 0.5) is 0 Å². The van der Waals surface area contributed by atoms with E-state index < -0.39 is 28.3 Å². The van der Waals surface area contributed by atoms with Gasteiger partial charge in [0.25, 0.3) is 0 Å². The minimum absolute atomic E-state index is 0.180. The van der Waals surface area contributed by atoms with Crippen LogP contribution in [0.2, 0.25) is 0 Å². The maximum atomic E-state index is 12.4. The van der Waals surface area contributed by atoms with Crippen LogP contribution in [0.15, 0.2) is 45.9 Å². The monoisotopic (exact) mass is 391 g/mol. The summed E-state index contributed by atoms with van der Waals surface area (Å²) in [5.41, 5.74) is 5.11. The molecule has 0 spiro atoms. The van der Waals surface area contributed by atoms with Gasteiger partial charge in [0, 0.05) is 12.0 Å². The number of sulfonamides is 1. The Labute approximate surface area is 164 Å². The smallest absolute Gasteiger partial charge is 0.399 e. The van der Waals surface area contributed by atoms with E-state index in [2.05, 4.69) is 10.5 Å². The first kappa shape index (κ1) is 21.9. The first-order valence-electron chi connectivity index (χ1n) is 9.25. The van der Waals surface area contributed by atoms with Gasteiger partial charge in [-0.2, -0.15) is 0 Å². The van der Waals surface area contributed by atoms with Crippen molar-refractivity contribution in [1.29, 1.82) is 0 Å². The summed E-state index contributed by atoms with van der Waals surface area (Å²) in [6.07, 6.45) is 0.707. The van der Waals surface area contributed by atoms with Crippen molar-refractivity contribution in [2.45, 2.75) is 71.0 Å². The molecule has 0 atom stereocenters. The van der Waals surface area contributed by atoms with Crippen LogP contribution in [-0.4, -0.2) is 33.3 Å². The molecule has 0 saturated carbocycles. The molecule has 7 heteroatoms. The van der Waals surface area contributed by atoms with E-state index in [0.717, 1.165) is 16.6 Å². The van der Waals surface area contributed by atoms with E-state index in [-0.39, 0.29) is 11.4 Å². The summed E-state index contributed by atoms with van der Waals surface area (Å²) in [5.74, 6) is 0. The standard InChI is InChI=1S/C20H30BNO4S/c1-8-17(21-25-19(4,5)20(6,7)26-21)13-16(3)14-22-27(23,24)18-11-9-15(2)10-12-18/h9-12,22H,8,14H2,1-7H3. The zero-order chi connectivity index (χ0) is 20.5. The highest BCUT2D eigenvalue weighted by Gasteiger charge is 2.52. The van der Waals surface area contributed by atoms with Gasteiger partial charge in [0.15, 0.2) is 0 Å². The average molecular weight is 391 g/mol. The van der Waals surface area contributed by atoms with Gasteiger partial charge < -0.3 is 9.31 Å². The molecule has 1 aliphatic rings. The summed E-state index contributed by atoms with van der Waals surface area (Å²) in [6, 6.07) is 6.78. The second kappa shape index (κ2) is 7.94. The van der Waals surface area contributed by atoms with Crippen molar-refractivity contribution in [3.05, 3.63) is 46.6 Å². The first-order valence-corrected chi connectivity index (χ1v) is 10.7. The van der Waals surface area contributed by atoms with Gasteiger partial charge in [-0.1, -0.05) is 24.6 Å². The van der Waals surface area contributed by atoms with E-state index in [1.54, 1.807) is 24.3 Å². The second-order valence-corrected chi connectivity index (χ2v) is 9.78. The normalized spacial score (nSPS) is 18.3. The highest BCUT2D eigenvalue weighted by molar-refractivity contribution is 7.89. The van der Waals surface area contributed by atoms with E-state index in [4.69, 9.17) is 9.31 Å². The number of aryl methyl sites for hydroxylation is 1. The van der Waals surface area contributed by atoms with Gasteiger partial charge in [-0.05, 0) is 65.7 Å². The quantitative estimate of drug-likeness (QED) is 0.592. The van der Waals surface area contributed by atoms with Crippen molar-refractivity contribution in [2.24, 2.45) is 0 Å². The molecular formula is C20H30BNO4S. The maximum Gasteiger partial charge on any atom is 0.498 e. The Hall–Kier alpha value is -1.37. The Morgan fingerprint density at radius 3 is 2.11 bits per heavy atom. The van der Waals surface area contributed by atoms with E-state index in [1.807, 2.05) is 48.5 Å². The molecule has 1 aromatic rings. The molecule has 1 aliphatic heterocycles. The summed E-state index contributed by atoms with van der Waals surface area (Å²) in [4.78, 5) is 0.256. The Bertz CT molecular complexity index is 834. The SMILES string of the molecule is CCC(=C=C(C)CNS(=O)(=O)c1ccc(C)cc1)B1OC(C)(C)C(C)(C)O1. The van der Waals surface area contributed by atoms with Crippen molar-refractivity contribution >= 4 is 17.1 Å². The van der Waals surface area contributed by atoms with Crippen molar-refractivity contribution < 1.29 is 17.7 Å². The topological polar surface area (TPSA) is 64.6 Å². The molecule has 0 unspecified atom stereocenters. The fourth-order valence-corrected chi connectivity index (χ4v) is 3.69. The van der Waals surface area contributed by atoms with E-state index in [1.165, 1.54) is 0 Å². The number of benzene rings is 1. The van der Waals surface area contributed by atoms with E-state index in [0.29, 0.717) is 6.42 Å². The second-order valence-electron chi connectivity index (χ2n) is 8.01. The molecule has 5 nitrogen and oxygen atoms in total. The fourth-order valence-electron chi connectivity index (χ4n) is 2.62. The maximum absolute atomic E-state index is 12.4. The zero-order valence-corrected chi connectivity index (χ0v) is 18.2. The Kier molecular flexibility index (Phi) is 6.45. The van der Waals surface area contributed by atoms with E-state index in [9.17, 15) is 8.42 Å². The van der Waals surface area contributed by atoms with Crippen LogP contribution in [0.1, 0.15) is 53.5 Å². The number of hydrogen-bond donors (Lipinski definition) is 1. The molecule has 1 saturated heterocycles. The molecule has 0 amide bonds. The lowest BCUT2D eigenvalue weighted by Gasteiger charge is -2.32. The molecule has 148 valence electrons. The molecule has 1 heterocycles. The van der Waals surface area contributed by atoms with Crippen LogP contribution >= 0.6 is 0 Å². The van der Waals surface area contributed by atoms with Crippen LogP contribution in [-0.2, 0) is 19.3 Å². The van der Waals surface area contributed by atoms with Crippen molar-refractivity contribution in [1.82, 2.24) is 4.72 Å². The first-order chi connectivity index (χ1) is 12.4. The van der Waals surface area contributed by atoms with Crippen molar-refractivity contribution in [3.8, 4) is 0 Å². The molecule has 1 aromatic carbocycles. The molecule has 0 radical (unpaired) electrons. The third kappa shape index (κ3) is 5.12. The molecule has 0 aliphatic carbocycles. The van der Waals surface area contributed by atoms with Crippen molar-refractivity contribution in [3.63, 3.8) is 0 Å². The van der Waals surface area contributed by atoms with Crippen LogP contribution in [0, 0.1) is 6.92 Å². The van der Waals surface area contributed by atoms with Gasteiger partial charge >= 0.3 is 7.12 Å². The predicted molar refractivity (Wildman–Crippen MR) is 109 cm³/mol. The molecule has 0 aromatic heterocycles. The number of nitrogens with one attached hydrogen (secondary N) is 1. The average Bonchev–Trinajstić information content (AvgIpc) is 2.79. The van der Waals surface area contributed by atoms with Gasteiger partial charge in [0.2, 0.25) is 10.0 Å². The molecule has 1 N–H and O–H groups in total. The summed E-state index contributed by atoms with van der Waals surface area (Å²) in [5, 5.41) is 0. The molecule has 0 bridgehead atoms. The molecule has 1 fully saturated rings. The lowest BCUT2D eigenvalue weighted by atomic mass is 9.77. The van der Waals surface area contributed by atoms with Gasteiger partial charge in [-0.3, -0.25) is 0 Å². The van der Waals surface area contributed by atoms with Crippen molar-refractivity contribution in [2.75, 3.05) is 6.54 Å². The van der Waals surface area contributed by atoms with Gasteiger partial charge in [0.05, 0.1) is 16.1 Å². The predicted octanol–water partition coefficient (Wildman–Crippen LogP) is 3.79. The van der Waals surface area contributed by atoms with Gasteiger partial charge in [-0.25, -0.2) is 13.1 Å². The highest BCUT2D eigenvalue weighted by Crippen LogP contribution is 2.38. The zero-order valence-electron chi connectivity index (χ0n) is 17.3. The van der Waals surface area contributed by atoms with Crippen LogP contribution in [0.25, 0.3) is 0 Å². The minimum Gasteiger partial charge on any atom is -0.399 e. The molecular weight excluding hydrogens is 361 g/mol. The van der Waals surface area contributed by atoms with Crippen LogP contribution in [0.5, 0.6) is 0 Å². The van der Waals surface area contributed by atoms with E-state index >= 15 is 0 Å². The third-order valence-corrected chi connectivity index (χ3v) is 6.57. The van der Waals surface area contributed by atoms with Gasteiger partial charge in [0.1, 0.15) is 0 Å². The Balaban J connectivity index is 2.16. The molecule has 2 rings (SSSR count). The summed E-state index contributed by atoms with van der Waals surface area (Å²) >= 11 is 0. The summed E-state index contributed by atoms with van der Waals surface area (Å²) in [6.45, 7) is 14.0. The summed E-state index contributed by atoms with van der Waals surface area (Å²) < 4.78 is 39.6. The third-order valence-electron chi connectivity index (χ3n) is 5.15. The fraction of sp³-hybridized carbons (Fsp3) is 0.550.